The SMILES string of the molecule is CC1(C(=O)Nc2cccc(NS(=O)(=O)c3ccc(-c4noc(-c5cccc(=O)[nH]5)n4)cc3)c2)CC1. The van der Waals surface area contributed by atoms with Crippen molar-refractivity contribution in [2.24, 2.45) is 5.41 Å². The number of carbonyl (C=O) groups is 1. The molecule has 3 N–H and O–H groups in total. The van der Waals surface area contributed by atoms with Gasteiger partial charge in [0.15, 0.2) is 0 Å². The molecule has 4 aromatic rings. The van der Waals surface area contributed by atoms with Crippen LogP contribution in [0.2, 0.25) is 0 Å². The van der Waals surface area contributed by atoms with Crippen LogP contribution in [0.5, 0.6) is 0 Å². The molecular weight excluding hydrogens is 470 g/mol. The van der Waals surface area contributed by atoms with E-state index in [9.17, 15) is 18.0 Å². The van der Waals surface area contributed by atoms with E-state index in [0.29, 0.717) is 22.6 Å². The Hall–Kier alpha value is -4.25. The van der Waals surface area contributed by atoms with Gasteiger partial charge in [0.2, 0.25) is 17.3 Å². The Morgan fingerprint density at radius 3 is 2.46 bits per heavy atom. The lowest BCUT2D eigenvalue weighted by atomic mass is 10.1. The van der Waals surface area contributed by atoms with Crippen LogP contribution in [0, 0.1) is 5.41 Å². The van der Waals surface area contributed by atoms with Gasteiger partial charge in [-0.1, -0.05) is 24.2 Å². The molecule has 0 bridgehead atoms. The van der Waals surface area contributed by atoms with Gasteiger partial charge in [0.05, 0.1) is 10.6 Å². The summed E-state index contributed by atoms with van der Waals surface area (Å²) in [7, 11) is -3.88. The number of rotatable bonds is 7. The summed E-state index contributed by atoms with van der Waals surface area (Å²) in [6.07, 6.45) is 1.69. The molecule has 35 heavy (non-hydrogen) atoms. The molecule has 0 spiro atoms. The summed E-state index contributed by atoms with van der Waals surface area (Å²) in [4.78, 5) is 30.7. The second kappa shape index (κ2) is 8.51. The maximum absolute atomic E-state index is 12.9. The van der Waals surface area contributed by atoms with Crippen molar-refractivity contribution in [3.8, 4) is 23.0 Å². The maximum Gasteiger partial charge on any atom is 0.274 e. The Balaban J connectivity index is 1.31. The van der Waals surface area contributed by atoms with Gasteiger partial charge < -0.3 is 14.8 Å². The van der Waals surface area contributed by atoms with Crippen LogP contribution in [0.25, 0.3) is 23.0 Å². The monoisotopic (exact) mass is 491 g/mol. The fraction of sp³-hybridized carbons (Fsp3) is 0.167. The van der Waals surface area contributed by atoms with Crippen molar-refractivity contribution in [2.75, 3.05) is 10.0 Å². The molecule has 1 saturated carbocycles. The van der Waals surface area contributed by atoms with Crippen molar-refractivity contribution < 1.29 is 17.7 Å². The minimum Gasteiger partial charge on any atom is -0.332 e. The molecule has 1 aliphatic rings. The van der Waals surface area contributed by atoms with Crippen molar-refractivity contribution >= 4 is 27.3 Å². The van der Waals surface area contributed by atoms with Crippen molar-refractivity contribution in [1.29, 1.82) is 0 Å². The van der Waals surface area contributed by atoms with Gasteiger partial charge in [-0.2, -0.15) is 4.98 Å². The number of hydrogen-bond donors (Lipinski definition) is 3. The third kappa shape index (κ3) is 4.85. The van der Waals surface area contributed by atoms with E-state index in [-0.39, 0.29) is 33.5 Å². The Bertz CT molecular complexity index is 1570. The molecule has 5 rings (SSSR count). The summed E-state index contributed by atoms with van der Waals surface area (Å²) in [6, 6.07) is 17.1. The van der Waals surface area contributed by atoms with E-state index < -0.39 is 10.0 Å². The van der Waals surface area contributed by atoms with E-state index in [4.69, 9.17) is 4.52 Å². The highest BCUT2D eigenvalue weighted by Crippen LogP contribution is 2.45. The molecule has 0 radical (unpaired) electrons. The average molecular weight is 492 g/mol. The van der Waals surface area contributed by atoms with Gasteiger partial charge in [-0.05, 0) is 61.4 Å². The Morgan fingerprint density at radius 2 is 1.74 bits per heavy atom. The van der Waals surface area contributed by atoms with E-state index in [1.807, 2.05) is 6.92 Å². The number of benzene rings is 2. The highest BCUT2D eigenvalue weighted by Gasteiger charge is 2.44. The van der Waals surface area contributed by atoms with Gasteiger partial charge in [0, 0.05) is 22.7 Å². The zero-order valence-corrected chi connectivity index (χ0v) is 19.4. The van der Waals surface area contributed by atoms with Crippen molar-refractivity contribution in [2.45, 2.75) is 24.7 Å². The van der Waals surface area contributed by atoms with Crippen LogP contribution in [-0.4, -0.2) is 29.4 Å². The normalized spacial score (nSPS) is 14.3. The van der Waals surface area contributed by atoms with Crippen LogP contribution >= 0.6 is 0 Å². The second-order valence-corrected chi connectivity index (χ2v) is 10.3. The molecule has 0 unspecified atom stereocenters. The number of carbonyl (C=O) groups excluding carboxylic acids is 1. The topological polar surface area (TPSA) is 147 Å². The summed E-state index contributed by atoms with van der Waals surface area (Å²) in [5.41, 5.74) is 1.13. The Morgan fingerprint density at radius 1 is 1.03 bits per heavy atom. The molecule has 2 aromatic carbocycles. The summed E-state index contributed by atoms with van der Waals surface area (Å²) in [5, 5.41) is 6.74. The number of H-pyrrole nitrogens is 1. The standard InChI is InChI=1S/C24H21N5O5S/c1-24(12-13-24)23(31)25-16-4-2-5-17(14-16)29-35(32,33)18-10-8-15(9-11-18)21-27-22(34-28-21)19-6-3-7-20(30)26-19/h2-11,14,29H,12-13H2,1H3,(H,25,31)(H,26,30). The van der Waals surface area contributed by atoms with Gasteiger partial charge in [0.1, 0.15) is 5.69 Å². The molecule has 10 nitrogen and oxygen atoms in total. The van der Waals surface area contributed by atoms with Crippen LogP contribution in [0.3, 0.4) is 0 Å². The second-order valence-electron chi connectivity index (χ2n) is 8.58. The molecule has 1 aliphatic carbocycles. The Kier molecular flexibility index (Phi) is 5.48. The highest BCUT2D eigenvalue weighted by molar-refractivity contribution is 7.92. The zero-order chi connectivity index (χ0) is 24.6. The summed E-state index contributed by atoms with van der Waals surface area (Å²) in [6.45, 7) is 1.90. The van der Waals surface area contributed by atoms with Crippen molar-refractivity contribution in [3.63, 3.8) is 0 Å². The number of hydrogen-bond acceptors (Lipinski definition) is 7. The minimum atomic E-state index is -3.88. The Labute approximate surface area is 200 Å². The summed E-state index contributed by atoms with van der Waals surface area (Å²) >= 11 is 0. The first-order chi connectivity index (χ1) is 16.7. The first-order valence-corrected chi connectivity index (χ1v) is 12.3. The predicted octanol–water partition coefficient (Wildman–Crippen LogP) is 3.63. The number of aromatic amines is 1. The van der Waals surface area contributed by atoms with Crippen LogP contribution in [0.4, 0.5) is 11.4 Å². The van der Waals surface area contributed by atoms with E-state index in [0.717, 1.165) is 12.8 Å². The first-order valence-electron chi connectivity index (χ1n) is 10.8. The molecule has 0 aliphatic heterocycles. The molecule has 0 atom stereocenters. The van der Waals surface area contributed by atoms with E-state index in [2.05, 4.69) is 25.2 Å². The third-order valence-electron chi connectivity index (χ3n) is 5.77. The smallest absolute Gasteiger partial charge is 0.274 e. The average Bonchev–Trinajstić information content (AvgIpc) is 3.39. The predicted molar refractivity (Wildman–Crippen MR) is 129 cm³/mol. The van der Waals surface area contributed by atoms with Crippen LogP contribution in [0.15, 0.2) is 80.9 Å². The number of pyridine rings is 1. The summed E-state index contributed by atoms with van der Waals surface area (Å²) in [5.74, 6) is 0.310. The molecule has 2 aromatic heterocycles. The lowest BCUT2D eigenvalue weighted by Gasteiger charge is -2.12. The van der Waals surface area contributed by atoms with Gasteiger partial charge in [-0.15, -0.1) is 0 Å². The van der Waals surface area contributed by atoms with Crippen LogP contribution in [0.1, 0.15) is 19.8 Å². The lowest BCUT2D eigenvalue weighted by molar-refractivity contribution is -0.120. The molecule has 1 fully saturated rings. The molecular formula is C24H21N5O5S. The van der Waals surface area contributed by atoms with E-state index >= 15 is 0 Å². The van der Waals surface area contributed by atoms with Gasteiger partial charge in [-0.25, -0.2) is 8.42 Å². The molecule has 0 saturated heterocycles. The van der Waals surface area contributed by atoms with Crippen LogP contribution in [-0.2, 0) is 14.8 Å². The fourth-order valence-corrected chi connectivity index (χ4v) is 4.43. The number of amides is 1. The zero-order valence-electron chi connectivity index (χ0n) is 18.6. The summed E-state index contributed by atoms with van der Waals surface area (Å²) < 4.78 is 33.5. The first kappa shape index (κ1) is 22.5. The number of aromatic nitrogens is 3. The largest absolute Gasteiger partial charge is 0.332 e. The molecule has 178 valence electrons. The number of nitrogens with one attached hydrogen (secondary N) is 3. The lowest BCUT2D eigenvalue weighted by Crippen LogP contribution is -2.21. The quantitative estimate of drug-likeness (QED) is 0.358. The molecule has 1 amide bonds. The fourth-order valence-electron chi connectivity index (χ4n) is 3.38. The van der Waals surface area contributed by atoms with Gasteiger partial charge in [0.25, 0.3) is 15.9 Å². The van der Waals surface area contributed by atoms with E-state index in [1.54, 1.807) is 48.5 Å². The van der Waals surface area contributed by atoms with Crippen molar-refractivity contribution in [1.82, 2.24) is 15.1 Å². The molecule has 2 heterocycles. The maximum atomic E-state index is 12.9. The third-order valence-corrected chi connectivity index (χ3v) is 7.17. The van der Waals surface area contributed by atoms with E-state index in [1.165, 1.54) is 18.2 Å². The number of nitrogens with zero attached hydrogens (tertiary/aromatic N) is 2. The van der Waals surface area contributed by atoms with Gasteiger partial charge >= 0.3 is 0 Å². The van der Waals surface area contributed by atoms with Crippen molar-refractivity contribution in [3.05, 3.63) is 77.1 Å². The molecule has 11 heteroatoms. The van der Waals surface area contributed by atoms with Crippen LogP contribution < -0.4 is 15.6 Å². The highest BCUT2D eigenvalue weighted by atomic mass is 32.2. The van der Waals surface area contributed by atoms with Gasteiger partial charge in [-0.3, -0.25) is 14.3 Å². The minimum absolute atomic E-state index is 0.0392. The number of anilines is 2. The number of sulfonamides is 1.